The van der Waals surface area contributed by atoms with Gasteiger partial charge in [0.2, 0.25) is 0 Å². The summed E-state index contributed by atoms with van der Waals surface area (Å²) < 4.78 is 74.0. The van der Waals surface area contributed by atoms with Gasteiger partial charge in [-0.2, -0.15) is 8.78 Å². The highest BCUT2D eigenvalue weighted by Gasteiger charge is 2.67. The van der Waals surface area contributed by atoms with E-state index >= 15 is 0 Å². The Morgan fingerprint density at radius 2 is 1.77 bits per heavy atom. The highest BCUT2D eigenvalue weighted by Crippen LogP contribution is 2.77. The highest BCUT2D eigenvalue weighted by molar-refractivity contribution is 7.75. The molecule has 1 aliphatic rings. The number of nitrogens with zero attached hydrogens (tertiary/aromatic N) is 1. The Morgan fingerprint density at radius 1 is 1.19 bits per heavy atom. The molecule has 1 saturated heterocycles. The molecule has 178 valence electrons. The summed E-state index contributed by atoms with van der Waals surface area (Å²) in [5.74, 6) is 0. The molecule has 0 aromatic carbocycles. The number of aliphatic hydroxyl groups is 2. The minimum atomic E-state index is -6.75. The summed E-state index contributed by atoms with van der Waals surface area (Å²) in [4.78, 5) is 49.4. The van der Waals surface area contributed by atoms with Gasteiger partial charge < -0.3 is 34.5 Å². The molecule has 0 aliphatic carbocycles. The van der Waals surface area contributed by atoms with Gasteiger partial charge in [-0.3, -0.25) is 23.2 Å². The van der Waals surface area contributed by atoms with Gasteiger partial charge >= 0.3 is 34.1 Å². The predicted octanol–water partition coefficient (Wildman–Crippen LogP) is -0.428. The molecule has 2 heterocycles. The van der Waals surface area contributed by atoms with Crippen molar-refractivity contribution in [3.63, 3.8) is 0 Å². The summed E-state index contributed by atoms with van der Waals surface area (Å²) in [6.07, 6.45) is -5.79. The van der Waals surface area contributed by atoms with Gasteiger partial charge in [-0.25, -0.2) is 13.7 Å². The zero-order valence-electron chi connectivity index (χ0n) is 14.7. The number of phosphoric ester groups is 1. The third-order valence-corrected chi connectivity index (χ3v) is 9.11. The van der Waals surface area contributed by atoms with Crippen LogP contribution in [0.2, 0.25) is 0 Å². The largest absolute Gasteiger partial charge is 0.479 e. The van der Waals surface area contributed by atoms with Crippen LogP contribution >= 0.6 is 35.2 Å². The molecule has 31 heavy (non-hydrogen) atoms. The maximum atomic E-state index is 13.4. The fourth-order valence-electron chi connectivity index (χ4n) is 2.27. The van der Waals surface area contributed by atoms with Crippen molar-refractivity contribution < 1.29 is 65.8 Å². The number of nitrogens with one attached hydrogen (secondary N) is 1. The molecule has 7 N–H and O–H groups in total. The van der Waals surface area contributed by atoms with Crippen LogP contribution < -0.4 is 5.69 Å². The van der Waals surface area contributed by atoms with Crippen LogP contribution in [0.25, 0.3) is 0 Å². The van der Waals surface area contributed by atoms with Crippen LogP contribution in [0.1, 0.15) is 6.23 Å². The molecule has 1 aromatic rings. The summed E-state index contributed by atoms with van der Waals surface area (Å²) in [6, 6.07) is 1.23. The smallest absolute Gasteiger partial charge is 0.387 e. The Hall–Kier alpha value is -0.710. The van der Waals surface area contributed by atoms with E-state index in [1.807, 2.05) is 0 Å². The van der Waals surface area contributed by atoms with Gasteiger partial charge in [-0.05, 0) is 6.07 Å². The highest BCUT2D eigenvalue weighted by atomic mass is 32.1. The summed E-state index contributed by atoms with van der Waals surface area (Å²) in [5.41, 5.74) is -0.859. The molecule has 0 radical (unpaired) electrons. The van der Waals surface area contributed by atoms with Crippen molar-refractivity contribution >= 4 is 35.2 Å². The Bertz CT molecular complexity index is 1090. The van der Waals surface area contributed by atoms with Crippen LogP contribution in [-0.4, -0.2) is 69.7 Å². The number of aromatic nitrogens is 2. The van der Waals surface area contributed by atoms with E-state index in [0.29, 0.717) is 0 Å². The molecular weight excluding hydrogens is 519 g/mol. The number of halogens is 2. The van der Waals surface area contributed by atoms with Gasteiger partial charge in [-0.1, -0.05) is 12.2 Å². The second-order valence-electron chi connectivity index (χ2n) is 5.98. The minimum absolute atomic E-state index is 0.0353. The molecule has 1 aliphatic heterocycles. The lowest BCUT2D eigenvalue weighted by atomic mass is 10.1. The van der Waals surface area contributed by atoms with E-state index in [1.54, 1.807) is 0 Å². The normalized spacial score (nSPS) is 28.8. The monoisotopic (exact) mass is 534 g/mol. The first-order valence-corrected chi connectivity index (χ1v) is 12.8. The quantitative estimate of drug-likeness (QED) is 0.166. The summed E-state index contributed by atoms with van der Waals surface area (Å²) in [7, 11) is -19.2. The lowest BCUT2D eigenvalue weighted by molar-refractivity contribution is -0.0542. The van der Waals surface area contributed by atoms with Crippen molar-refractivity contribution in [3.05, 3.63) is 27.4 Å². The summed E-state index contributed by atoms with van der Waals surface area (Å²) in [5, 5.41) is 14.2. The average molecular weight is 534 g/mol. The number of ether oxygens (including phenoxy) is 1. The second kappa shape index (κ2) is 8.91. The molecule has 1 fully saturated rings. The number of alkyl halides is 2. The summed E-state index contributed by atoms with van der Waals surface area (Å²) in [6.45, 7) is -1.21. The first kappa shape index (κ1) is 26.5. The molecular formula is C10H15F2N2O13P3S. The fraction of sp³-hybridized carbons (Fsp3) is 0.600. The standard InChI is InChI=1S/C10H15F2N2O13P3S/c11-10(12,28(18,19)20)29(21,22)27-30(23,24)25-3-4-6(15)7(16)8(26-4)14-2-1-5(31)13-9(14)17/h1-2,4,6-8,15-16H,3H2,(H,21,22)(H,23,24)(H,13,17,31)(H2,18,19,20)/t4-,6-,7-,8+/m1/s1. The van der Waals surface area contributed by atoms with Crippen LogP contribution in [0.3, 0.4) is 0 Å². The van der Waals surface area contributed by atoms with Crippen molar-refractivity contribution in [2.24, 2.45) is 0 Å². The van der Waals surface area contributed by atoms with Crippen molar-refractivity contribution in [1.29, 1.82) is 0 Å². The van der Waals surface area contributed by atoms with E-state index in [2.05, 4.69) is 13.8 Å². The maximum Gasteiger partial charge on any atom is 0.479 e. The second-order valence-corrected chi connectivity index (χ2v) is 11.9. The van der Waals surface area contributed by atoms with Crippen molar-refractivity contribution in [1.82, 2.24) is 9.55 Å². The number of H-pyrrole nitrogens is 1. The van der Waals surface area contributed by atoms with Crippen LogP contribution in [-0.2, 0) is 27.3 Å². The average Bonchev–Trinajstić information content (AvgIpc) is 2.86. The first-order chi connectivity index (χ1) is 13.9. The van der Waals surface area contributed by atoms with Gasteiger partial charge in [-0.15, -0.1) is 0 Å². The molecule has 1 aromatic heterocycles. The van der Waals surface area contributed by atoms with Crippen LogP contribution in [0, 0.1) is 4.64 Å². The van der Waals surface area contributed by atoms with Crippen LogP contribution in [0.15, 0.2) is 17.1 Å². The zero-order valence-corrected chi connectivity index (χ0v) is 18.2. The Kier molecular flexibility index (Phi) is 7.63. The number of aromatic amines is 1. The topological polar surface area (TPSA) is 238 Å². The third-order valence-electron chi connectivity index (χ3n) is 3.77. The molecule has 6 atom stereocenters. The molecule has 2 unspecified atom stereocenters. The van der Waals surface area contributed by atoms with Gasteiger partial charge in [0, 0.05) is 6.20 Å². The maximum absolute atomic E-state index is 13.4. The first-order valence-electron chi connectivity index (χ1n) is 7.68. The number of hydrogen-bond donors (Lipinski definition) is 7. The lowest BCUT2D eigenvalue weighted by Gasteiger charge is -2.24. The number of aliphatic hydroxyl groups excluding tert-OH is 2. The zero-order chi connectivity index (χ0) is 24.0. The Labute approximate surface area is 175 Å². The predicted molar refractivity (Wildman–Crippen MR) is 95.5 cm³/mol. The van der Waals surface area contributed by atoms with E-state index in [-0.39, 0.29) is 4.64 Å². The lowest BCUT2D eigenvalue weighted by Crippen LogP contribution is -2.36. The van der Waals surface area contributed by atoms with E-state index < -0.39 is 65.3 Å². The van der Waals surface area contributed by atoms with Crippen LogP contribution in [0.4, 0.5) is 8.78 Å². The Balaban J connectivity index is 2.12. The fourth-order valence-corrected chi connectivity index (χ4v) is 6.10. The van der Waals surface area contributed by atoms with Crippen LogP contribution in [0.5, 0.6) is 0 Å². The molecule has 0 bridgehead atoms. The van der Waals surface area contributed by atoms with Gasteiger partial charge in [0.15, 0.2) is 6.23 Å². The van der Waals surface area contributed by atoms with E-state index in [0.717, 1.165) is 10.8 Å². The summed E-state index contributed by atoms with van der Waals surface area (Å²) >= 11 is 4.72. The van der Waals surface area contributed by atoms with Crippen molar-refractivity contribution in [3.8, 4) is 0 Å². The molecule has 21 heteroatoms. The van der Waals surface area contributed by atoms with E-state index in [4.69, 9.17) is 31.6 Å². The molecule has 0 saturated carbocycles. The van der Waals surface area contributed by atoms with Crippen molar-refractivity contribution in [2.45, 2.75) is 29.9 Å². The Morgan fingerprint density at radius 3 is 2.29 bits per heavy atom. The third kappa shape index (κ3) is 5.62. The van der Waals surface area contributed by atoms with E-state index in [9.17, 15) is 42.4 Å². The van der Waals surface area contributed by atoms with Gasteiger partial charge in [0.05, 0.1) is 6.61 Å². The number of hydrogen-bond acceptors (Lipinski definition) is 10. The van der Waals surface area contributed by atoms with Gasteiger partial charge in [0.1, 0.15) is 23.0 Å². The molecule has 2 rings (SSSR count). The SMILES string of the molecule is O=c1[nH]c(=S)ccn1[C@H]1O[C@H](COP(=O)(O)OP(=O)(O)C(F)(F)P(=O)(O)O)[C@@H](O)[C@H]1O. The van der Waals surface area contributed by atoms with Gasteiger partial charge in [0.25, 0.3) is 0 Å². The van der Waals surface area contributed by atoms with Crippen molar-refractivity contribution in [2.75, 3.05) is 6.61 Å². The molecule has 0 amide bonds. The molecule has 0 spiro atoms. The number of phosphoric acid groups is 1. The van der Waals surface area contributed by atoms with E-state index in [1.165, 1.54) is 6.07 Å². The minimum Gasteiger partial charge on any atom is -0.387 e. The molecule has 15 nitrogen and oxygen atoms in total. The number of rotatable bonds is 8.